The lowest BCUT2D eigenvalue weighted by molar-refractivity contribution is -0.184. The Morgan fingerprint density at radius 1 is 1.33 bits per heavy atom. The van der Waals surface area contributed by atoms with E-state index in [0.29, 0.717) is 16.0 Å². The van der Waals surface area contributed by atoms with Crippen LogP contribution in [0.5, 0.6) is 0 Å². The van der Waals surface area contributed by atoms with E-state index in [1.807, 2.05) is 0 Å². The summed E-state index contributed by atoms with van der Waals surface area (Å²) in [5, 5.41) is 2.63. The van der Waals surface area contributed by atoms with Crippen LogP contribution in [0.25, 0.3) is 0 Å². The van der Waals surface area contributed by atoms with Gasteiger partial charge in [-0.05, 0) is 47.7 Å². The first-order valence-corrected chi connectivity index (χ1v) is 7.35. The molecule has 0 aromatic carbocycles. The van der Waals surface area contributed by atoms with Gasteiger partial charge in [0.1, 0.15) is 5.82 Å². The fraction of sp³-hybridized carbons (Fsp3) is 0.538. The molecule has 0 atom stereocenters. The number of hydrogen-bond acceptors (Lipinski definition) is 3. The van der Waals surface area contributed by atoms with E-state index in [-0.39, 0.29) is 31.6 Å². The molecule has 1 saturated carbocycles. The van der Waals surface area contributed by atoms with Crippen molar-refractivity contribution >= 4 is 33.3 Å². The molecule has 1 amide bonds. The highest BCUT2D eigenvalue weighted by molar-refractivity contribution is 9.10. The Labute approximate surface area is 128 Å². The number of anilines is 2. The van der Waals surface area contributed by atoms with E-state index in [2.05, 4.69) is 26.2 Å². The highest BCUT2D eigenvalue weighted by Crippen LogP contribution is 2.39. The van der Waals surface area contributed by atoms with Crippen LogP contribution in [0.4, 0.5) is 24.7 Å². The van der Waals surface area contributed by atoms with Crippen LogP contribution < -0.4 is 11.1 Å². The molecule has 1 fully saturated rings. The number of halogens is 4. The van der Waals surface area contributed by atoms with Crippen LogP contribution in [0.15, 0.2) is 16.7 Å². The van der Waals surface area contributed by atoms with Crippen molar-refractivity contribution in [2.45, 2.75) is 31.9 Å². The minimum Gasteiger partial charge on any atom is -0.397 e. The smallest absolute Gasteiger partial charge is 0.391 e. The molecule has 3 N–H and O–H groups in total. The summed E-state index contributed by atoms with van der Waals surface area (Å²) in [4.78, 5) is 16.1. The maximum atomic E-state index is 12.6. The lowest BCUT2D eigenvalue weighted by Crippen LogP contribution is -2.32. The minimum absolute atomic E-state index is 0.00206. The Hall–Kier alpha value is -1.31. The van der Waals surface area contributed by atoms with Gasteiger partial charge in [0.05, 0.1) is 22.3 Å². The molecule has 1 aromatic heterocycles. The molecule has 0 bridgehead atoms. The van der Waals surface area contributed by atoms with Gasteiger partial charge in [0.2, 0.25) is 5.91 Å². The number of rotatable bonds is 2. The number of alkyl halides is 3. The van der Waals surface area contributed by atoms with E-state index in [0.717, 1.165) is 0 Å². The number of amides is 1. The van der Waals surface area contributed by atoms with Gasteiger partial charge >= 0.3 is 6.18 Å². The molecule has 1 aromatic rings. The van der Waals surface area contributed by atoms with Crippen molar-refractivity contribution in [1.82, 2.24) is 4.98 Å². The summed E-state index contributed by atoms with van der Waals surface area (Å²) in [7, 11) is 0. The summed E-state index contributed by atoms with van der Waals surface area (Å²) >= 11 is 3.23. The van der Waals surface area contributed by atoms with Crippen LogP contribution in [-0.4, -0.2) is 17.1 Å². The second-order valence-electron chi connectivity index (χ2n) is 5.18. The highest BCUT2D eigenvalue weighted by atomic mass is 79.9. The zero-order valence-electron chi connectivity index (χ0n) is 11.1. The molecule has 2 rings (SSSR count). The molecule has 0 aliphatic heterocycles. The van der Waals surface area contributed by atoms with Crippen molar-refractivity contribution in [2.24, 2.45) is 11.8 Å². The number of carbonyl (C=O) groups excluding carboxylic acids is 1. The Balaban J connectivity index is 1.93. The van der Waals surface area contributed by atoms with Gasteiger partial charge in [-0.2, -0.15) is 13.2 Å². The molecule has 0 saturated heterocycles. The number of pyridine rings is 1. The molecule has 4 nitrogen and oxygen atoms in total. The molecule has 116 valence electrons. The number of nitrogens with two attached hydrogens (primary N) is 1. The third kappa shape index (κ3) is 4.09. The number of hydrogen-bond donors (Lipinski definition) is 2. The molecular weight excluding hydrogens is 351 g/mol. The predicted octanol–water partition coefficient (Wildman–Crippen LogP) is 3.73. The predicted molar refractivity (Wildman–Crippen MR) is 76.5 cm³/mol. The maximum absolute atomic E-state index is 12.6. The monoisotopic (exact) mass is 365 g/mol. The Morgan fingerprint density at radius 3 is 2.48 bits per heavy atom. The average molecular weight is 366 g/mol. The number of nitrogens with zero attached hydrogens (tertiary/aromatic N) is 1. The number of carbonyl (C=O) groups is 1. The van der Waals surface area contributed by atoms with E-state index in [1.165, 1.54) is 6.20 Å². The van der Waals surface area contributed by atoms with Gasteiger partial charge < -0.3 is 11.1 Å². The quantitative estimate of drug-likeness (QED) is 0.838. The van der Waals surface area contributed by atoms with E-state index < -0.39 is 18.0 Å². The van der Waals surface area contributed by atoms with Crippen LogP contribution in [0.2, 0.25) is 0 Å². The number of aromatic nitrogens is 1. The van der Waals surface area contributed by atoms with Gasteiger partial charge in [0.15, 0.2) is 0 Å². The molecule has 21 heavy (non-hydrogen) atoms. The first-order chi connectivity index (χ1) is 9.77. The van der Waals surface area contributed by atoms with E-state index in [4.69, 9.17) is 5.73 Å². The maximum Gasteiger partial charge on any atom is 0.391 e. The summed E-state index contributed by atoms with van der Waals surface area (Å²) in [6, 6.07) is 1.60. The largest absolute Gasteiger partial charge is 0.397 e. The fourth-order valence-electron chi connectivity index (χ4n) is 2.45. The lowest BCUT2D eigenvalue weighted by Gasteiger charge is -2.29. The molecule has 0 spiro atoms. The van der Waals surface area contributed by atoms with Crippen molar-refractivity contribution < 1.29 is 18.0 Å². The van der Waals surface area contributed by atoms with E-state index >= 15 is 0 Å². The average Bonchev–Trinajstić information content (AvgIpc) is 2.41. The summed E-state index contributed by atoms with van der Waals surface area (Å²) in [6.07, 6.45) is -2.29. The topological polar surface area (TPSA) is 68.0 Å². The Bertz CT molecular complexity index is 528. The van der Waals surface area contributed by atoms with Crippen LogP contribution >= 0.6 is 15.9 Å². The number of nitrogens with one attached hydrogen (secondary N) is 1. The van der Waals surface area contributed by atoms with Crippen molar-refractivity contribution in [3.05, 3.63) is 16.7 Å². The standard InChI is InChI=1S/C13H15BrF3N3O/c14-10-5-9(18)6-19-11(10)20-12(21)7-1-3-8(4-2-7)13(15,16)17/h5-8H,1-4,18H2,(H,19,20,21). The lowest BCUT2D eigenvalue weighted by atomic mass is 9.81. The molecule has 1 aliphatic rings. The molecule has 8 heteroatoms. The second-order valence-corrected chi connectivity index (χ2v) is 6.03. The van der Waals surface area contributed by atoms with Gasteiger partial charge in [-0.15, -0.1) is 0 Å². The van der Waals surface area contributed by atoms with Crippen LogP contribution in [0, 0.1) is 11.8 Å². The number of nitrogen functional groups attached to an aromatic ring is 1. The fourth-order valence-corrected chi connectivity index (χ4v) is 2.91. The van der Waals surface area contributed by atoms with E-state index in [1.54, 1.807) is 6.07 Å². The normalized spacial score (nSPS) is 22.9. The first-order valence-electron chi connectivity index (χ1n) is 6.56. The second kappa shape index (κ2) is 6.21. The van der Waals surface area contributed by atoms with Crippen LogP contribution in [-0.2, 0) is 4.79 Å². The van der Waals surface area contributed by atoms with Gasteiger partial charge in [-0.25, -0.2) is 4.98 Å². The van der Waals surface area contributed by atoms with Crippen molar-refractivity contribution in [3.63, 3.8) is 0 Å². The molecular formula is C13H15BrF3N3O. The van der Waals surface area contributed by atoms with Crippen molar-refractivity contribution in [3.8, 4) is 0 Å². The van der Waals surface area contributed by atoms with Gasteiger partial charge in [0.25, 0.3) is 0 Å². The minimum atomic E-state index is -4.16. The van der Waals surface area contributed by atoms with Crippen molar-refractivity contribution in [2.75, 3.05) is 11.1 Å². The van der Waals surface area contributed by atoms with Gasteiger partial charge in [-0.1, -0.05) is 0 Å². The summed E-state index contributed by atoms with van der Waals surface area (Å²) in [5.74, 6) is -1.67. The van der Waals surface area contributed by atoms with E-state index in [9.17, 15) is 18.0 Å². The zero-order chi connectivity index (χ0) is 15.6. The van der Waals surface area contributed by atoms with Crippen molar-refractivity contribution in [1.29, 1.82) is 0 Å². The summed E-state index contributed by atoms with van der Waals surface area (Å²) < 4.78 is 38.3. The van der Waals surface area contributed by atoms with Gasteiger partial charge in [-0.3, -0.25) is 4.79 Å². The molecule has 0 unspecified atom stereocenters. The third-order valence-electron chi connectivity index (χ3n) is 3.66. The molecule has 1 heterocycles. The van der Waals surface area contributed by atoms with Gasteiger partial charge in [0, 0.05) is 5.92 Å². The summed E-state index contributed by atoms with van der Waals surface area (Å²) in [5.41, 5.74) is 5.99. The van der Waals surface area contributed by atoms with Crippen LogP contribution in [0.3, 0.4) is 0 Å². The van der Waals surface area contributed by atoms with Crippen LogP contribution in [0.1, 0.15) is 25.7 Å². The highest BCUT2D eigenvalue weighted by Gasteiger charge is 2.42. The SMILES string of the molecule is Nc1cnc(NC(=O)C2CCC(C(F)(F)F)CC2)c(Br)c1. The summed E-state index contributed by atoms with van der Waals surface area (Å²) in [6.45, 7) is 0. The molecule has 1 aliphatic carbocycles. The first kappa shape index (κ1) is 16.1. The Kier molecular flexibility index (Phi) is 4.75. The molecule has 0 radical (unpaired) electrons. The Morgan fingerprint density at radius 2 is 1.95 bits per heavy atom. The third-order valence-corrected chi connectivity index (χ3v) is 4.27. The zero-order valence-corrected chi connectivity index (χ0v) is 12.7.